The van der Waals surface area contributed by atoms with Crippen molar-refractivity contribution >= 4 is 22.4 Å². The highest BCUT2D eigenvalue weighted by atomic mass is 19.4. The van der Waals surface area contributed by atoms with Gasteiger partial charge in [-0.2, -0.15) is 17.7 Å². The van der Waals surface area contributed by atoms with Crippen LogP contribution in [0.1, 0.15) is 31.7 Å². The molecular weight excluding hydrogens is 379 g/mol. The quantitative estimate of drug-likeness (QED) is 0.431. The van der Waals surface area contributed by atoms with Gasteiger partial charge in [0, 0.05) is 17.5 Å². The normalized spacial score (nSPS) is 12.0. The van der Waals surface area contributed by atoms with Crippen molar-refractivity contribution in [2.45, 2.75) is 32.4 Å². The largest absolute Gasteiger partial charge is 0.416 e. The second kappa shape index (κ2) is 7.69. The van der Waals surface area contributed by atoms with Crippen molar-refractivity contribution in [3.63, 3.8) is 0 Å². The lowest BCUT2D eigenvalue weighted by Crippen LogP contribution is -2.06. The number of anilines is 1. The zero-order valence-corrected chi connectivity index (χ0v) is 15.9. The second-order valence-electron chi connectivity index (χ2n) is 6.86. The van der Waals surface area contributed by atoms with Gasteiger partial charge in [-0.15, -0.1) is 5.10 Å². The Bertz CT molecular complexity index is 1150. The summed E-state index contributed by atoms with van der Waals surface area (Å²) in [5, 5.41) is 12.6. The highest BCUT2D eigenvalue weighted by Gasteiger charge is 2.31. The monoisotopic (exact) mass is 399 g/mol. The molecule has 0 unspecified atom stereocenters. The molecule has 0 bridgehead atoms. The van der Waals surface area contributed by atoms with E-state index in [2.05, 4.69) is 27.5 Å². The van der Waals surface area contributed by atoms with Crippen molar-refractivity contribution < 1.29 is 13.2 Å². The highest BCUT2D eigenvalue weighted by molar-refractivity contribution is 5.93. The van der Waals surface area contributed by atoms with E-state index in [0.717, 1.165) is 48.8 Å². The lowest BCUT2D eigenvalue weighted by atomic mass is 10.1. The Morgan fingerprint density at radius 1 is 1.03 bits per heavy atom. The van der Waals surface area contributed by atoms with Gasteiger partial charge in [0.15, 0.2) is 5.65 Å². The van der Waals surface area contributed by atoms with Crippen LogP contribution in [0.15, 0.2) is 48.5 Å². The molecule has 1 N–H and O–H groups in total. The molecule has 0 radical (unpaired) electrons. The molecule has 0 fully saturated rings. The van der Waals surface area contributed by atoms with Crippen LogP contribution >= 0.6 is 0 Å². The van der Waals surface area contributed by atoms with Gasteiger partial charge in [-0.1, -0.05) is 49.2 Å². The predicted octanol–water partition coefficient (Wildman–Crippen LogP) is 5.57. The molecule has 2 aromatic heterocycles. The molecule has 2 aromatic carbocycles. The fourth-order valence-electron chi connectivity index (χ4n) is 3.31. The summed E-state index contributed by atoms with van der Waals surface area (Å²) in [4.78, 5) is 4.67. The third kappa shape index (κ3) is 3.74. The number of nitrogens with one attached hydrogen (secondary N) is 1. The Kier molecular flexibility index (Phi) is 5.08. The molecule has 0 spiro atoms. The number of halogens is 3. The van der Waals surface area contributed by atoms with E-state index in [1.54, 1.807) is 10.6 Å². The number of aromatic nitrogens is 4. The van der Waals surface area contributed by atoms with E-state index in [4.69, 9.17) is 0 Å². The first-order valence-corrected chi connectivity index (χ1v) is 9.54. The molecule has 0 atom stereocenters. The Hall–Kier alpha value is -3.16. The summed E-state index contributed by atoms with van der Waals surface area (Å²) in [6.07, 6.45) is -1.20. The van der Waals surface area contributed by atoms with Crippen LogP contribution in [0.25, 0.3) is 27.8 Å². The molecule has 150 valence electrons. The maximum Gasteiger partial charge on any atom is 0.416 e. The van der Waals surface area contributed by atoms with Crippen molar-refractivity contribution in [2.75, 3.05) is 11.9 Å². The first-order chi connectivity index (χ1) is 14.0. The Morgan fingerprint density at radius 2 is 1.86 bits per heavy atom. The number of unbranched alkanes of at least 4 members (excludes halogenated alkanes) is 2. The lowest BCUT2D eigenvalue weighted by Gasteiger charge is -2.11. The van der Waals surface area contributed by atoms with Crippen molar-refractivity contribution in [1.29, 1.82) is 0 Å². The lowest BCUT2D eigenvalue weighted by molar-refractivity contribution is -0.137. The molecule has 5 nitrogen and oxygen atoms in total. The number of alkyl halides is 3. The number of benzene rings is 2. The van der Waals surface area contributed by atoms with Crippen LogP contribution in [-0.2, 0) is 6.18 Å². The number of hydrogen-bond acceptors (Lipinski definition) is 4. The molecule has 0 aliphatic heterocycles. The molecule has 0 aliphatic carbocycles. The van der Waals surface area contributed by atoms with Gasteiger partial charge in [0.1, 0.15) is 11.5 Å². The molecule has 0 aliphatic rings. The van der Waals surface area contributed by atoms with E-state index < -0.39 is 11.7 Å². The van der Waals surface area contributed by atoms with Crippen LogP contribution in [0.5, 0.6) is 0 Å². The first kappa shape index (κ1) is 19.2. The van der Waals surface area contributed by atoms with Gasteiger partial charge in [0.2, 0.25) is 0 Å². The van der Waals surface area contributed by atoms with E-state index in [1.165, 1.54) is 6.07 Å². The fourth-order valence-corrected chi connectivity index (χ4v) is 3.31. The SMILES string of the molecule is CCCCCNc1nc2c(-c3cccc(C(F)(F)F)c3)nnn2c2ccccc12. The average molecular weight is 399 g/mol. The summed E-state index contributed by atoms with van der Waals surface area (Å²) in [6.45, 7) is 2.90. The van der Waals surface area contributed by atoms with Gasteiger partial charge in [-0.25, -0.2) is 4.98 Å². The Morgan fingerprint density at radius 3 is 2.66 bits per heavy atom. The number of fused-ring (bicyclic) bond motifs is 3. The van der Waals surface area contributed by atoms with Gasteiger partial charge < -0.3 is 5.32 Å². The minimum atomic E-state index is -4.43. The van der Waals surface area contributed by atoms with Gasteiger partial charge in [-0.3, -0.25) is 0 Å². The third-order valence-corrected chi connectivity index (χ3v) is 4.79. The topological polar surface area (TPSA) is 55.1 Å². The van der Waals surface area contributed by atoms with E-state index in [-0.39, 0.29) is 0 Å². The Labute approximate surface area is 165 Å². The second-order valence-corrected chi connectivity index (χ2v) is 6.86. The van der Waals surface area contributed by atoms with E-state index in [9.17, 15) is 13.2 Å². The zero-order chi connectivity index (χ0) is 20.4. The molecule has 4 aromatic rings. The molecule has 8 heteroatoms. The molecule has 0 amide bonds. The fraction of sp³-hybridized carbons (Fsp3) is 0.286. The summed E-state index contributed by atoms with van der Waals surface area (Å²) in [5.41, 5.74) is 1.13. The number of rotatable bonds is 6. The maximum absolute atomic E-state index is 13.1. The number of hydrogen-bond donors (Lipinski definition) is 1. The van der Waals surface area contributed by atoms with E-state index in [1.807, 2.05) is 24.3 Å². The maximum atomic E-state index is 13.1. The van der Waals surface area contributed by atoms with Crippen LogP contribution in [0.2, 0.25) is 0 Å². The standard InChI is InChI=1S/C21H20F3N5/c1-2-3-6-12-25-19-16-10-4-5-11-17(16)29-20(26-19)18(27-28-29)14-8-7-9-15(13-14)21(22,23)24/h4-5,7-11,13H,2-3,6,12H2,1H3,(H,25,26). The molecule has 0 saturated heterocycles. The van der Waals surface area contributed by atoms with Gasteiger partial charge in [0.25, 0.3) is 0 Å². The first-order valence-electron chi connectivity index (χ1n) is 9.54. The van der Waals surface area contributed by atoms with Crippen LogP contribution in [0, 0.1) is 0 Å². The molecular formula is C21H20F3N5. The predicted molar refractivity (Wildman–Crippen MR) is 107 cm³/mol. The molecule has 4 rings (SSSR count). The van der Waals surface area contributed by atoms with Crippen molar-refractivity contribution in [2.24, 2.45) is 0 Å². The smallest absolute Gasteiger partial charge is 0.369 e. The van der Waals surface area contributed by atoms with Gasteiger partial charge in [0.05, 0.1) is 11.1 Å². The highest BCUT2D eigenvalue weighted by Crippen LogP contribution is 2.33. The van der Waals surface area contributed by atoms with Gasteiger partial charge >= 0.3 is 6.18 Å². The summed E-state index contributed by atoms with van der Waals surface area (Å²) in [5.74, 6) is 0.680. The molecule has 2 heterocycles. The number of nitrogens with zero attached hydrogens (tertiary/aromatic N) is 4. The van der Waals surface area contributed by atoms with Crippen LogP contribution in [0.4, 0.5) is 19.0 Å². The van der Waals surface area contributed by atoms with Crippen LogP contribution in [0.3, 0.4) is 0 Å². The Balaban J connectivity index is 1.84. The van der Waals surface area contributed by atoms with Gasteiger partial charge in [-0.05, 0) is 30.7 Å². The molecule has 29 heavy (non-hydrogen) atoms. The minimum Gasteiger partial charge on any atom is -0.369 e. The van der Waals surface area contributed by atoms with E-state index >= 15 is 0 Å². The summed E-state index contributed by atoms with van der Waals surface area (Å²) < 4.78 is 41.0. The van der Waals surface area contributed by atoms with Crippen molar-refractivity contribution in [3.8, 4) is 11.3 Å². The van der Waals surface area contributed by atoms with Crippen molar-refractivity contribution in [1.82, 2.24) is 19.8 Å². The summed E-state index contributed by atoms with van der Waals surface area (Å²) >= 11 is 0. The summed E-state index contributed by atoms with van der Waals surface area (Å²) in [6, 6.07) is 12.7. The minimum absolute atomic E-state index is 0.318. The number of para-hydroxylation sites is 1. The van der Waals surface area contributed by atoms with Crippen molar-refractivity contribution in [3.05, 3.63) is 54.1 Å². The van der Waals surface area contributed by atoms with Crippen LogP contribution in [-0.4, -0.2) is 26.4 Å². The summed E-state index contributed by atoms with van der Waals surface area (Å²) in [7, 11) is 0. The van der Waals surface area contributed by atoms with E-state index in [0.29, 0.717) is 22.7 Å². The molecule has 0 saturated carbocycles. The zero-order valence-electron chi connectivity index (χ0n) is 15.9. The average Bonchev–Trinajstić information content (AvgIpc) is 3.15. The third-order valence-electron chi connectivity index (χ3n) is 4.79. The van der Waals surface area contributed by atoms with Crippen LogP contribution < -0.4 is 5.32 Å².